The Hall–Kier alpha value is -2.82. The van der Waals surface area contributed by atoms with E-state index in [-0.39, 0.29) is 5.75 Å². The van der Waals surface area contributed by atoms with Gasteiger partial charge in [-0.2, -0.15) is 5.10 Å². The standard InChI is InChI=1S/C14H8N2O3/c17-8-1-2-9-10-3-7-6-15-16-12(7)5-11(10)14(18)19-13(9)4-8/h1-6,17H,(H,15,16). The van der Waals surface area contributed by atoms with Gasteiger partial charge in [0.2, 0.25) is 0 Å². The number of benzene rings is 2. The molecule has 19 heavy (non-hydrogen) atoms. The van der Waals surface area contributed by atoms with Crippen LogP contribution in [0.1, 0.15) is 0 Å². The maximum atomic E-state index is 12.0. The lowest BCUT2D eigenvalue weighted by Gasteiger charge is -2.03. The van der Waals surface area contributed by atoms with Gasteiger partial charge in [-0.05, 0) is 24.3 Å². The van der Waals surface area contributed by atoms with Crippen LogP contribution in [0.25, 0.3) is 32.6 Å². The fourth-order valence-electron chi connectivity index (χ4n) is 2.36. The Morgan fingerprint density at radius 2 is 2.00 bits per heavy atom. The van der Waals surface area contributed by atoms with E-state index >= 15 is 0 Å². The molecule has 0 unspecified atom stereocenters. The predicted molar refractivity (Wildman–Crippen MR) is 71.3 cm³/mol. The molecule has 0 saturated heterocycles. The van der Waals surface area contributed by atoms with E-state index < -0.39 is 5.63 Å². The number of fused-ring (bicyclic) bond motifs is 4. The van der Waals surface area contributed by atoms with Crippen LogP contribution in [0.4, 0.5) is 0 Å². The smallest absolute Gasteiger partial charge is 0.344 e. The maximum Gasteiger partial charge on any atom is 0.344 e. The van der Waals surface area contributed by atoms with Crippen LogP contribution in [0.3, 0.4) is 0 Å². The highest BCUT2D eigenvalue weighted by Crippen LogP contribution is 2.28. The first kappa shape index (κ1) is 10.1. The highest BCUT2D eigenvalue weighted by Gasteiger charge is 2.10. The largest absolute Gasteiger partial charge is 0.508 e. The molecule has 2 heterocycles. The van der Waals surface area contributed by atoms with Crippen molar-refractivity contribution in [1.82, 2.24) is 10.2 Å². The van der Waals surface area contributed by atoms with Gasteiger partial charge >= 0.3 is 5.63 Å². The first-order valence-electron chi connectivity index (χ1n) is 5.75. The lowest BCUT2D eigenvalue weighted by Crippen LogP contribution is -1.99. The van der Waals surface area contributed by atoms with Gasteiger partial charge in [-0.1, -0.05) is 0 Å². The van der Waals surface area contributed by atoms with Crippen LogP contribution >= 0.6 is 0 Å². The van der Waals surface area contributed by atoms with Crippen molar-refractivity contribution in [3.8, 4) is 5.75 Å². The van der Waals surface area contributed by atoms with E-state index in [1.165, 1.54) is 6.07 Å². The maximum absolute atomic E-state index is 12.0. The molecule has 0 radical (unpaired) electrons. The third-order valence-corrected chi connectivity index (χ3v) is 3.26. The molecule has 5 heteroatoms. The van der Waals surface area contributed by atoms with Gasteiger partial charge in [-0.3, -0.25) is 5.10 Å². The zero-order valence-electron chi connectivity index (χ0n) is 9.68. The third kappa shape index (κ3) is 1.35. The minimum atomic E-state index is -0.426. The molecule has 0 atom stereocenters. The monoisotopic (exact) mass is 252 g/mol. The lowest BCUT2D eigenvalue weighted by molar-refractivity contribution is 0.473. The second kappa shape index (κ2) is 3.35. The summed E-state index contributed by atoms with van der Waals surface area (Å²) in [5.41, 5.74) is 0.739. The van der Waals surface area contributed by atoms with Crippen molar-refractivity contribution in [1.29, 1.82) is 0 Å². The molecular formula is C14H8N2O3. The Morgan fingerprint density at radius 3 is 2.89 bits per heavy atom. The number of nitrogens with one attached hydrogen (secondary N) is 1. The molecule has 4 rings (SSSR count). The number of rotatable bonds is 0. The number of hydrogen-bond donors (Lipinski definition) is 2. The average Bonchev–Trinajstić information content (AvgIpc) is 2.84. The van der Waals surface area contributed by atoms with E-state index in [4.69, 9.17) is 4.42 Å². The summed E-state index contributed by atoms with van der Waals surface area (Å²) in [7, 11) is 0. The minimum Gasteiger partial charge on any atom is -0.508 e. The van der Waals surface area contributed by atoms with E-state index in [9.17, 15) is 9.90 Å². The summed E-state index contributed by atoms with van der Waals surface area (Å²) in [6.45, 7) is 0. The van der Waals surface area contributed by atoms with Crippen LogP contribution in [0.2, 0.25) is 0 Å². The van der Waals surface area contributed by atoms with Gasteiger partial charge in [0.05, 0.1) is 17.1 Å². The van der Waals surface area contributed by atoms with E-state index in [0.29, 0.717) is 11.0 Å². The summed E-state index contributed by atoms with van der Waals surface area (Å²) in [5.74, 6) is 0.0689. The normalized spacial score (nSPS) is 11.6. The molecule has 0 aliphatic heterocycles. The minimum absolute atomic E-state index is 0.0689. The molecule has 0 spiro atoms. The molecule has 2 aromatic carbocycles. The van der Waals surface area contributed by atoms with Crippen molar-refractivity contribution in [3.05, 3.63) is 46.9 Å². The quantitative estimate of drug-likeness (QED) is 0.372. The number of aromatic amines is 1. The first-order valence-corrected chi connectivity index (χ1v) is 5.75. The number of aromatic hydroxyl groups is 1. The Bertz CT molecular complexity index is 998. The predicted octanol–water partition coefficient (Wildman–Crippen LogP) is 2.53. The molecular weight excluding hydrogens is 244 g/mol. The summed E-state index contributed by atoms with van der Waals surface area (Å²) in [5, 5.41) is 19.2. The number of H-pyrrole nitrogens is 1. The van der Waals surface area contributed by atoms with Crippen molar-refractivity contribution < 1.29 is 9.52 Å². The molecule has 2 aromatic heterocycles. The van der Waals surface area contributed by atoms with Gasteiger partial charge in [-0.25, -0.2) is 4.79 Å². The second-order valence-corrected chi connectivity index (χ2v) is 4.43. The van der Waals surface area contributed by atoms with Crippen molar-refractivity contribution in [2.24, 2.45) is 0 Å². The van der Waals surface area contributed by atoms with Crippen molar-refractivity contribution >= 4 is 32.6 Å². The van der Waals surface area contributed by atoms with Crippen molar-refractivity contribution in [3.63, 3.8) is 0 Å². The van der Waals surface area contributed by atoms with Crippen LogP contribution in [0.5, 0.6) is 5.75 Å². The lowest BCUT2D eigenvalue weighted by atomic mass is 10.1. The molecule has 0 amide bonds. The van der Waals surface area contributed by atoms with Gasteiger partial charge < -0.3 is 9.52 Å². The van der Waals surface area contributed by atoms with Crippen molar-refractivity contribution in [2.45, 2.75) is 0 Å². The third-order valence-electron chi connectivity index (χ3n) is 3.26. The fourth-order valence-corrected chi connectivity index (χ4v) is 2.36. The van der Waals surface area contributed by atoms with Gasteiger partial charge in [0.1, 0.15) is 11.3 Å². The highest BCUT2D eigenvalue weighted by molar-refractivity contribution is 6.09. The number of phenolic OH excluding ortho intramolecular Hbond substituents is 1. The van der Waals surface area contributed by atoms with E-state index in [1.54, 1.807) is 24.4 Å². The Balaban J connectivity index is 2.33. The summed E-state index contributed by atoms with van der Waals surface area (Å²) in [6.07, 6.45) is 1.70. The molecule has 0 aliphatic carbocycles. The topological polar surface area (TPSA) is 79.1 Å². The first-order chi connectivity index (χ1) is 9.22. The Morgan fingerprint density at radius 1 is 1.11 bits per heavy atom. The fraction of sp³-hybridized carbons (Fsp3) is 0. The molecule has 0 saturated carbocycles. The highest BCUT2D eigenvalue weighted by atomic mass is 16.4. The SMILES string of the molecule is O=c1oc2cc(O)ccc2c2cc3cn[nH]c3cc12. The van der Waals surface area contributed by atoms with Gasteiger partial charge in [-0.15, -0.1) is 0 Å². The Labute approximate surface area is 106 Å². The van der Waals surface area contributed by atoms with Crippen molar-refractivity contribution in [2.75, 3.05) is 0 Å². The van der Waals surface area contributed by atoms with E-state index in [0.717, 1.165) is 21.7 Å². The number of nitrogens with zero attached hydrogens (tertiary/aromatic N) is 1. The number of aromatic nitrogens is 2. The van der Waals surface area contributed by atoms with Crippen LogP contribution in [-0.4, -0.2) is 15.3 Å². The van der Waals surface area contributed by atoms with E-state index in [1.807, 2.05) is 6.07 Å². The summed E-state index contributed by atoms with van der Waals surface area (Å²) < 4.78 is 5.23. The van der Waals surface area contributed by atoms with Crippen LogP contribution in [-0.2, 0) is 0 Å². The molecule has 2 N–H and O–H groups in total. The van der Waals surface area contributed by atoms with Gasteiger partial charge in [0.25, 0.3) is 0 Å². The summed E-state index contributed by atoms with van der Waals surface area (Å²) in [6, 6.07) is 8.37. The molecule has 4 aromatic rings. The van der Waals surface area contributed by atoms with Crippen LogP contribution in [0, 0.1) is 0 Å². The average molecular weight is 252 g/mol. The molecule has 5 nitrogen and oxygen atoms in total. The Kier molecular flexibility index (Phi) is 1.79. The summed E-state index contributed by atoms with van der Waals surface area (Å²) >= 11 is 0. The molecule has 0 fully saturated rings. The van der Waals surface area contributed by atoms with Crippen LogP contribution in [0.15, 0.2) is 45.7 Å². The number of hydrogen-bond acceptors (Lipinski definition) is 4. The zero-order valence-corrected chi connectivity index (χ0v) is 9.68. The molecule has 0 bridgehead atoms. The molecule has 92 valence electrons. The van der Waals surface area contributed by atoms with Crippen LogP contribution < -0.4 is 5.63 Å². The summed E-state index contributed by atoms with van der Waals surface area (Å²) in [4.78, 5) is 12.0. The number of phenols is 1. The molecule has 0 aliphatic rings. The van der Waals surface area contributed by atoms with Gasteiger partial charge in [0, 0.05) is 22.2 Å². The van der Waals surface area contributed by atoms with Gasteiger partial charge in [0.15, 0.2) is 0 Å². The van der Waals surface area contributed by atoms with E-state index in [2.05, 4.69) is 10.2 Å². The zero-order chi connectivity index (χ0) is 13.0. The second-order valence-electron chi connectivity index (χ2n) is 4.43.